The van der Waals surface area contributed by atoms with Crippen molar-refractivity contribution in [2.75, 3.05) is 25.2 Å². The van der Waals surface area contributed by atoms with E-state index in [1.807, 2.05) is 0 Å². The largest absolute Gasteiger partial charge is 0.384 e. The van der Waals surface area contributed by atoms with Crippen LogP contribution in [-0.2, 0) is 25.8 Å². The van der Waals surface area contributed by atoms with Gasteiger partial charge in [-0.05, 0) is 11.6 Å². The molecule has 0 amide bonds. The minimum atomic E-state index is -3.47. The number of methoxy groups -OCH3 is 1. The maximum Gasteiger partial charge on any atom is 0.159 e. The quantitative estimate of drug-likeness (QED) is 0.744. The lowest BCUT2D eigenvalue weighted by Gasteiger charge is -2.04. The lowest BCUT2D eigenvalue weighted by atomic mass is 10.1. The average molecular weight is 274 g/mol. The highest BCUT2D eigenvalue weighted by Gasteiger charge is 2.17. The van der Waals surface area contributed by atoms with Crippen molar-refractivity contribution >= 4 is 15.6 Å². The molecule has 0 atom stereocenters. The van der Waals surface area contributed by atoms with Gasteiger partial charge in [-0.3, -0.25) is 4.79 Å². The van der Waals surface area contributed by atoms with Crippen molar-refractivity contribution in [2.24, 2.45) is 0 Å². The first-order valence-corrected chi connectivity index (χ1v) is 7.21. The summed E-state index contributed by atoms with van der Waals surface area (Å²) in [5.74, 6) is -1.80. The molecule has 0 aliphatic carbocycles. The van der Waals surface area contributed by atoms with Crippen molar-refractivity contribution < 1.29 is 22.3 Å². The molecule has 6 heteroatoms. The van der Waals surface area contributed by atoms with E-state index in [0.717, 1.165) is 0 Å². The molecule has 0 aliphatic heterocycles. The summed E-state index contributed by atoms with van der Waals surface area (Å²) < 4.78 is 40.9. The Kier molecular flexibility index (Phi) is 5.43. The van der Waals surface area contributed by atoms with Crippen LogP contribution in [0.2, 0.25) is 0 Å². The number of halogens is 1. The fourth-order valence-corrected chi connectivity index (χ4v) is 2.59. The van der Waals surface area contributed by atoms with Gasteiger partial charge in [0.05, 0.1) is 12.4 Å². The van der Waals surface area contributed by atoms with Gasteiger partial charge in [-0.15, -0.1) is 0 Å². The van der Waals surface area contributed by atoms with Gasteiger partial charge >= 0.3 is 0 Å². The topological polar surface area (TPSA) is 60.4 Å². The van der Waals surface area contributed by atoms with E-state index in [4.69, 9.17) is 0 Å². The Morgan fingerprint density at radius 3 is 2.61 bits per heavy atom. The molecule has 1 rings (SSSR count). The molecule has 0 aliphatic rings. The van der Waals surface area contributed by atoms with Crippen molar-refractivity contribution in [1.82, 2.24) is 0 Å². The summed E-state index contributed by atoms with van der Waals surface area (Å²) in [5, 5.41) is 0. The zero-order chi connectivity index (χ0) is 13.6. The monoisotopic (exact) mass is 274 g/mol. The van der Waals surface area contributed by atoms with E-state index >= 15 is 0 Å². The molecule has 0 aromatic heterocycles. The lowest BCUT2D eigenvalue weighted by molar-refractivity contribution is -0.116. The van der Waals surface area contributed by atoms with Crippen LogP contribution in [0.15, 0.2) is 24.3 Å². The molecule has 1 aromatic carbocycles. The lowest BCUT2D eigenvalue weighted by Crippen LogP contribution is -2.22. The highest BCUT2D eigenvalue weighted by atomic mass is 32.2. The molecule has 100 valence electrons. The van der Waals surface area contributed by atoms with Gasteiger partial charge < -0.3 is 4.74 Å². The molecule has 0 bridgehead atoms. The van der Waals surface area contributed by atoms with Crippen LogP contribution >= 0.6 is 0 Å². The van der Waals surface area contributed by atoms with Gasteiger partial charge in [-0.1, -0.05) is 18.2 Å². The number of hydrogen-bond donors (Lipinski definition) is 0. The number of ketones is 1. The van der Waals surface area contributed by atoms with E-state index in [0.29, 0.717) is 0 Å². The van der Waals surface area contributed by atoms with Gasteiger partial charge in [0.15, 0.2) is 15.6 Å². The van der Waals surface area contributed by atoms with Gasteiger partial charge in [0.2, 0.25) is 0 Å². The van der Waals surface area contributed by atoms with E-state index in [1.54, 1.807) is 6.07 Å². The molecule has 18 heavy (non-hydrogen) atoms. The van der Waals surface area contributed by atoms with Crippen LogP contribution in [0.3, 0.4) is 0 Å². The highest BCUT2D eigenvalue weighted by Crippen LogP contribution is 2.08. The molecular weight excluding hydrogens is 259 g/mol. The first-order chi connectivity index (χ1) is 8.44. The van der Waals surface area contributed by atoms with Gasteiger partial charge in [-0.2, -0.15) is 0 Å². The number of sulfone groups is 1. The van der Waals surface area contributed by atoms with Gasteiger partial charge in [0.1, 0.15) is 11.6 Å². The summed E-state index contributed by atoms with van der Waals surface area (Å²) in [4.78, 5) is 11.6. The second-order valence-electron chi connectivity index (χ2n) is 3.89. The maximum absolute atomic E-state index is 13.3. The Morgan fingerprint density at radius 1 is 1.33 bits per heavy atom. The highest BCUT2D eigenvalue weighted by molar-refractivity contribution is 7.92. The Hall–Kier alpha value is -1.27. The summed E-state index contributed by atoms with van der Waals surface area (Å²) >= 11 is 0. The summed E-state index contributed by atoms with van der Waals surface area (Å²) in [6.07, 6.45) is -0.209. The number of benzene rings is 1. The normalized spacial score (nSPS) is 11.4. The van der Waals surface area contributed by atoms with E-state index in [1.165, 1.54) is 25.3 Å². The number of hydrogen-bond acceptors (Lipinski definition) is 4. The van der Waals surface area contributed by atoms with Gasteiger partial charge in [0, 0.05) is 13.5 Å². The van der Waals surface area contributed by atoms with Gasteiger partial charge in [-0.25, -0.2) is 12.8 Å². The average Bonchev–Trinajstić information content (AvgIpc) is 2.29. The molecule has 0 saturated heterocycles. The first-order valence-electron chi connectivity index (χ1n) is 5.39. The SMILES string of the molecule is COCCS(=O)(=O)CC(=O)Cc1ccccc1F. The second kappa shape index (κ2) is 6.61. The molecule has 0 spiro atoms. The van der Waals surface area contributed by atoms with E-state index in [9.17, 15) is 17.6 Å². The van der Waals surface area contributed by atoms with Crippen LogP contribution in [-0.4, -0.2) is 39.4 Å². The number of ether oxygens (including phenoxy) is 1. The Labute approximate surface area is 106 Å². The fraction of sp³-hybridized carbons (Fsp3) is 0.417. The van der Waals surface area contributed by atoms with Crippen molar-refractivity contribution in [3.63, 3.8) is 0 Å². The molecule has 0 unspecified atom stereocenters. The zero-order valence-electron chi connectivity index (χ0n) is 10.1. The first kappa shape index (κ1) is 14.8. The van der Waals surface area contributed by atoms with Crippen molar-refractivity contribution in [2.45, 2.75) is 6.42 Å². The number of carbonyl (C=O) groups is 1. The summed E-state index contributed by atoms with van der Waals surface area (Å²) in [6.45, 7) is 0.0509. The predicted molar refractivity (Wildman–Crippen MR) is 65.6 cm³/mol. The minimum Gasteiger partial charge on any atom is -0.384 e. The van der Waals surface area contributed by atoms with Crippen LogP contribution in [0.5, 0.6) is 0 Å². The minimum absolute atomic E-state index is 0.0509. The maximum atomic E-state index is 13.3. The van der Waals surface area contributed by atoms with Crippen molar-refractivity contribution in [3.05, 3.63) is 35.6 Å². The van der Waals surface area contributed by atoms with E-state index in [-0.39, 0.29) is 24.3 Å². The summed E-state index contributed by atoms with van der Waals surface area (Å²) in [7, 11) is -2.09. The smallest absolute Gasteiger partial charge is 0.159 e. The fourth-order valence-electron chi connectivity index (χ4n) is 1.43. The molecule has 0 saturated carbocycles. The number of Topliss-reactive ketones (excluding diaryl/α,β-unsaturated/α-hetero) is 1. The molecule has 0 N–H and O–H groups in total. The molecule has 1 aromatic rings. The third-order valence-corrected chi connectivity index (χ3v) is 3.88. The van der Waals surface area contributed by atoms with Crippen molar-refractivity contribution in [1.29, 1.82) is 0 Å². The third-order valence-electron chi connectivity index (χ3n) is 2.32. The number of rotatable bonds is 7. The van der Waals surface area contributed by atoms with Crippen LogP contribution in [0.4, 0.5) is 4.39 Å². The second-order valence-corrected chi connectivity index (χ2v) is 6.08. The van der Waals surface area contributed by atoms with Crippen LogP contribution in [0.25, 0.3) is 0 Å². The Morgan fingerprint density at radius 2 is 2.00 bits per heavy atom. The summed E-state index contributed by atoms with van der Waals surface area (Å²) in [6, 6.07) is 5.82. The van der Waals surface area contributed by atoms with E-state index in [2.05, 4.69) is 4.74 Å². The number of carbonyl (C=O) groups excluding carboxylic acids is 1. The molecule has 4 nitrogen and oxygen atoms in total. The van der Waals surface area contributed by atoms with Crippen LogP contribution in [0, 0.1) is 5.82 Å². The molecular formula is C12H15FO4S. The molecule has 0 radical (unpaired) electrons. The van der Waals surface area contributed by atoms with Gasteiger partial charge in [0.25, 0.3) is 0 Å². The standard InChI is InChI=1S/C12H15FO4S/c1-17-6-7-18(15,16)9-11(14)8-10-4-2-3-5-12(10)13/h2-5H,6-9H2,1H3. The Balaban J connectivity index is 2.60. The van der Waals surface area contributed by atoms with Crippen LogP contribution in [0.1, 0.15) is 5.56 Å². The summed E-state index contributed by atoms with van der Waals surface area (Å²) in [5.41, 5.74) is 0.212. The van der Waals surface area contributed by atoms with Crippen LogP contribution < -0.4 is 0 Å². The van der Waals surface area contributed by atoms with Crippen molar-refractivity contribution in [3.8, 4) is 0 Å². The molecule has 0 fully saturated rings. The molecule has 0 heterocycles. The predicted octanol–water partition coefficient (Wildman–Crippen LogP) is 0.998. The van der Waals surface area contributed by atoms with E-state index < -0.39 is 27.2 Å². The third kappa shape index (κ3) is 4.93. The Bertz CT molecular complexity index is 511. The zero-order valence-corrected chi connectivity index (χ0v) is 10.9.